The molecule has 0 saturated heterocycles. The summed E-state index contributed by atoms with van der Waals surface area (Å²) < 4.78 is 26.7. The van der Waals surface area contributed by atoms with Crippen LogP contribution in [0, 0.1) is 5.92 Å². The number of allylic oxidation sites excluding steroid dienone is 4. The standard InChI is InChI=1S/C66H40N2O4/c1-3-13-45(14-4-1)67(57-21-11-19-51-49-17-7-9-23-59(49)71-65(51)57)47-27-25-39-31-53-55-33-43-34-56-54-32-40-26-28-48(30-42(40)36-62(54)70-64(56)38-44(43)37-63(55)69-61(53)35-41(39)29-47)68(46-15-5-2-6-16-46)58-22-12-20-52-50-18-8-10-24-60(50)72-66(52)58/h1-35,37-38,42H,36H2. The maximum Gasteiger partial charge on any atom is 0.159 e. The first kappa shape index (κ1) is 39.3. The lowest BCUT2D eigenvalue weighted by Crippen LogP contribution is -2.20. The predicted molar refractivity (Wildman–Crippen MR) is 295 cm³/mol. The SMILES string of the molecule is C1=CC(N(c2ccccc2)c2cccc3c2oc2ccccc23)=CC2Cc3oc4cc5cc6oc7cc8cc(N(c9ccccc9)c9cccc%10c9oc9ccccc9%10)ccc8cc7c6cc5cc4c3C=C12. The molecule has 2 aliphatic rings. The van der Waals surface area contributed by atoms with E-state index in [2.05, 4.69) is 210 Å². The van der Waals surface area contributed by atoms with Gasteiger partial charge in [-0.25, -0.2) is 0 Å². The summed E-state index contributed by atoms with van der Waals surface area (Å²) in [7, 11) is 0. The molecule has 2 aliphatic carbocycles. The Kier molecular flexibility index (Phi) is 8.19. The molecule has 0 spiro atoms. The minimum Gasteiger partial charge on any atom is -0.460 e. The zero-order valence-electron chi connectivity index (χ0n) is 38.7. The number of hydrogen-bond donors (Lipinski definition) is 0. The third kappa shape index (κ3) is 5.90. The number of anilines is 5. The van der Waals surface area contributed by atoms with E-state index in [9.17, 15) is 0 Å². The molecule has 338 valence electrons. The first-order valence-corrected chi connectivity index (χ1v) is 24.6. The highest BCUT2D eigenvalue weighted by Gasteiger charge is 2.29. The predicted octanol–water partition coefficient (Wildman–Crippen LogP) is 18.8. The van der Waals surface area contributed by atoms with Crippen molar-refractivity contribution in [2.24, 2.45) is 5.92 Å². The van der Waals surface area contributed by atoms with E-state index in [0.29, 0.717) is 0 Å². The Hall–Kier alpha value is -9.52. The molecule has 4 aromatic heterocycles. The smallest absolute Gasteiger partial charge is 0.159 e. The molecular weight excluding hydrogens is 885 g/mol. The molecule has 0 aliphatic heterocycles. The molecule has 6 heteroatoms. The van der Waals surface area contributed by atoms with Crippen molar-refractivity contribution < 1.29 is 17.7 Å². The fraction of sp³-hybridized carbons (Fsp3) is 0.0303. The van der Waals surface area contributed by atoms with Gasteiger partial charge in [-0.05, 0) is 136 Å². The van der Waals surface area contributed by atoms with Gasteiger partial charge in [0, 0.05) is 78.4 Å². The number of benzene rings is 10. The first-order valence-electron chi connectivity index (χ1n) is 24.6. The highest BCUT2D eigenvalue weighted by Crippen LogP contribution is 2.47. The van der Waals surface area contributed by atoms with Gasteiger partial charge in [-0.3, -0.25) is 0 Å². The van der Waals surface area contributed by atoms with Gasteiger partial charge in [0.2, 0.25) is 0 Å². The number of hydrogen-bond acceptors (Lipinski definition) is 6. The number of rotatable bonds is 6. The van der Waals surface area contributed by atoms with Gasteiger partial charge >= 0.3 is 0 Å². The Morgan fingerprint density at radius 3 is 1.58 bits per heavy atom. The molecule has 0 radical (unpaired) electrons. The summed E-state index contributed by atoms with van der Waals surface area (Å²) in [6, 6.07) is 70.5. The molecule has 1 atom stereocenters. The van der Waals surface area contributed by atoms with Gasteiger partial charge in [0.1, 0.15) is 33.7 Å². The van der Waals surface area contributed by atoms with Crippen LogP contribution >= 0.6 is 0 Å². The summed E-state index contributed by atoms with van der Waals surface area (Å²) in [5.41, 5.74) is 14.7. The number of nitrogens with zero attached hydrogens (tertiary/aromatic N) is 2. The van der Waals surface area contributed by atoms with E-state index in [4.69, 9.17) is 17.7 Å². The number of para-hydroxylation sites is 6. The molecule has 10 aromatic carbocycles. The van der Waals surface area contributed by atoms with Gasteiger partial charge in [0.05, 0.1) is 11.4 Å². The van der Waals surface area contributed by atoms with Gasteiger partial charge < -0.3 is 27.5 Å². The Morgan fingerprint density at radius 2 is 0.903 bits per heavy atom. The fourth-order valence-electron chi connectivity index (χ4n) is 11.7. The van der Waals surface area contributed by atoms with E-state index in [0.717, 1.165) is 150 Å². The highest BCUT2D eigenvalue weighted by molar-refractivity contribution is 6.16. The third-order valence-corrected chi connectivity index (χ3v) is 15.1. The maximum absolute atomic E-state index is 6.79. The summed E-state index contributed by atoms with van der Waals surface area (Å²) in [6.45, 7) is 0. The van der Waals surface area contributed by atoms with E-state index in [1.54, 1.807) is 0 Å². The first-order chi connectivity index (χ1) is 35.6. The van der Waals surface area contributed by atoms with Gasteiger partial charge in [-0.15, -0.1) is 0 Å². The fourth-order valence-corrected chi connectivity index (χ4v) is 11.7. The molecule has 1 unspecified atom stereocenters. The molecule has 0 saturated carbocycles. The van der Waals surface area contributed by atoms with Crippen LogP contribution in [0.15, 0.2) is 247 Å². The normalized spacial score (nSPS) is 14.6. The minimum atomic E-state index is 0.139. The summed E-state index contributed by atoms with van der Waals surface area (Å²) in [6.07, 6.45) is 10.0. The molecule has 0 fully saturated rings. The lowest BCUT2D eigenvalue weighted by molar-refractivity contribution is 0.520. The van der Waals surface area contributed by atoms with Crippen LogP contribution in [0.2, 0.25) is 0 Å². The van der Waals surface area contributed by atoms with E-state index in [1.165, 1.54) is 5.57 Å². The zero-order valence-corrected chi connectivity index (χ0v) is 38.7. The van der Waals surface area contributed by atoms with Crippen molar-refractivity contribution >= 4 is 133 Å². The van der Waals surface area contributed by atoms with E-state index >= 15 is 0 Å². The molecule has 4 heterocycles. The van der Waals surface area contributed by atoms with Crippen LogP contribution in [0.25, 0.3) is 104 Å². The molecule has 16 rings (SSSR count). The van der Waals surface area contributed by atoms with Crippen LogP contribution in [-0.2, 0) is 6.42 Å². The Bertz CT molecular complexity index is 4680. The average Bonchev–Trinajstić information content (AvgIpc) is 4.19. The summed E-state index contributed by atoms with van der Waals surface area (Å²) in [5, 5.41) is 12.2. The Labute approximate surface area is 411 Å². The molecule has 0 bridgehead atoms. The molecule has 6 nitrogen and oxygen atoms in total. The molecule has 0 N–H and O–H groups in total. The summed E-state index contributed by atoms with van der Waals surface area (Å²) >= 11 is 0. The van der Waals surface area contributed by atoms with Crippen molar-refractivity contribution in [1.29, 1.82) is 0 Å². The second kappa shape index (κ2) is 15.0. The van der Waals surface area contributed by atoms with E-state index < -0.39 is 0 Å². The van der Waals surface area contributed by atoms with E-state index in [-0.39, 0.29) is 5.92 Å². The van der Waals surface area contributed by atoms with Crippen molar-refractivity contribution in [3.63, 3.8) is 0 Å². The lowest BCUT2D eigenvalue weighted by Gasteiger charge is -2.31. The van der Waals surface area contributed by atoms with Crippen LogP contribution in [0.3, 0.4) is 0 Å². The topological polar surface area (TPSA) is 59.0 Å². The summed E-state index contributed by atoms with van der Waals surface area (Å²) in [4.78, 5) is 4.61. The summed E-state index contributed by atoms with van der Waals surface area (Å²) in [5.74, 6) is 1.14. The lowest BCUT2D eigenvalue weighted by atomic mass is 9.83. The van der Waals surface area contributed by atoms with Gasteiger partial charge in [0.15, 0.2) is 11.2 Å². The van der Waals surface area contributed by atoms with Crippen molar-refractivity contribution in [3.8, 4) is 0 Å². The van der Waals surface area contributed by atoms with Crippen molar-refractivity contribution in [2.75, 3.05) is 9.80 Å². The van der Waals surface area contributed by atoms with Crippen LogP contribution in [-0.4, -0.2) is 0 Å². The van der Waals surface area contributed by atoms with Crippen LogP contribution in [0.1, 0.15) is 11.3 Å². The second-order valence-corrected chi connectivity index (χ2v) is 19.2. The van der Waals surface area contributed by atoms with Crippen molar-refractivity contribution in [1.82, 2.24) is 0 Å². The molecule has 0 amide bonds. The average molecular weight is 925 g/mol. The monoisotopic (exact) mass is 924 g/mol. The zero-order chi connectivity index (χ0) is 47.0. The minimum absolute atomic E-state index is 0.139. The van der Waals surface area contributed by atoms with E-state index in [1.807, 2.05) is 24.3 Å². The van der Waals surface area contributed by atoms with Crippen molar-refractivity contribution in [2.45, 2.75) is 6.42 Å². The highest BCUT2D eigenvalue weighted by atomic mass is 16.3. The van der Waals surface area contributed by atoms with Crippen LogP contribution in [0.4, 0.5) is 28.4 Å². The van der Waals surface area contributed by atoms with Gasteiger partial charge in [-0.2, -0.15) is 0 Å². The third-order valence-electron chi connectivity index (χ3n) is 15.1. The largest absolute Gasteiger partial charge is 0.460 e. The molecular formula is C66H40N2O4. The molecule has 14 aromatic rings. The quantitative estimate of drug-likeness (QED) is 0.166. The Morgan fingerprint density at radius 1 is 0.361 bits per heavy atom. The number of furan rings is 4. The van der Waals surface area contributed by atoms with Crippen LogP contribution in [0.5, 0.6) is 0 Å². The van der Waals surface area contributed by atoms with Crippen LogP contribution < -0.4 is 9.80 Å². The second-order valence-electron chi connectivity index (χ2n) is 19.2. The van der Waals surface area contributed by atoms with Gasteiger partial charge in [-0.1, -0.05) is 115 Å². The molecule has 72 heavy (non-hydrogen) atoms. The Balaban J connectivity index is 0.762. The van der Waals surface area contributed by atoms with Gasteiger partial charge in [0.25, 0.3) is 0 Å². The number of fused-ring (bicyclic) bond motifs is 15. The van der Waals surface area contributed by atoms with Crippen molar-refractivity contribution in [3.05, 3.63) is 241 Å². The maximum atomic E-state index is 6.79.